The zero-order valence-corrected chi connectivity index (χ0v) is 9.57. The van der Waals surface area contributed by atoms with Gasteiger partial charge in [-0.05, 0) is 25.7 Å². The van der Waals surface area contributed by atoms with Crippen molar-refractivity contribution < 1.29 is 4.79 Å². The number of alkyl halides is 2. The highest BCUT2D eigenvalue weighted by Gasteiger charge is 2.20. The molecular formula is C9H16Cl2N2O. The second-order valence-corrected chi connectivity index (χ2v) is 4.53. The summed E-state index contributed by atoms with van der Waals surface area (Å²) in [6.45, 7) is 0.512. The molecule has 2 amide bonds. The molecule has 0 aromatic carbocycles. The SMILES string of the molecule is O=C(NCCCl)NC1CCC(Cl)CC1. The normalized spacial score (nSPS) is 27.0. The van der Waals surface area contributed by atoms with E-state index in [-0.39, 0.29) is 12.1 Å². The van der Waals surface area contributed by atoms with Crippen LogP contribution in [0.4, 0.5) is 4.79 Å². The molecule has 0 saturated heterocycles. The molecule has 5 heteroatoms. The maximum atomic E-state index is 11.2. The van der Waals surface area contributed by atoms with Crippen molar-refractivity contribution in [3.8, 4) is 0 Å². The Kier molecular flexibility index (Phi) is 5.41. The molecule has 0 aromatic rings. The lowest BCUT2D eigenvalue weighted by atomic mass is 9.95. The van der Waals surface area contributed by atoms with Crippen LogP contribution >= 0.6 is 23.2 Å². The maximum absolute atomic E-state index is 11.2. The molecule has 3 nitrogen and oxygen atoms in total. The summed E-state index contributed by atoms with van der Waals surface area (Å²) < 4.78 is 0. The van der Waals surface area contributed by atoms with Crippen LogP contribution in [0.2, 0.25) is 0 Å². The molecule has 1 aliphatic rings. The number of rotatable bonds is 3. The highest BCUT2D eigenvalue weighted by atomic mass is 35.5. The van der Waals surface area contributed by atoms with E-state index in [4.69, 9.17) is 23.2 Å². The van der Waals surface area contributed by atoms with Crippen LogP contribution in [-0.2, 0) is 0 Å². The van der Waals surface area contributed by atoms with Gasteiger partial charge in [-0.25, -0.2) is 4.79 Å². The van der Waals surface area contributed by atoms with Crippen molar-refractivity contribution in [1.29, 1.82) is 0 Å². The van der Waals surface area contributed by atoms with E-state index >= 15 is 0 Å². The van der Waals surface area contributed by atoms with Gasteiger partial charge in [0.05, 0.1) is 0 Å². The monoisotopic (exact) mass is 238 g/mol. The quantitative estimate of drug-likeness (QED) is 0.727. The van der Waals surface area contributed by atoms with Gasteiger partial charge in [0.25, 0.3) is 0 Å². The Morgan fingerprint density at radius 2 is 1.93 bits per heavy atom. The number of carbonyl (C=O) groups is 1. The van der Waals surface area contributed by atoms with E-state index in [1.807, 2.05) is 0 Å². The second-order valence-electron chi connectivity index (χ2n) is 3.54. The molecule has 82 valence electrons. The third-order valence-electron chi connectivity index (χ3n) is 2.37. The molecule has 14 heavy (non-hydrogen) atoms. The van der Waals surface area contributed by atoms with E-state index in [0.29, 0.717) is 17.8 Å². The van der Waals surface area contributed by atoms with Crippen LogP contribution in [0.15, 0.2) is 0 Å². The lowest BCUT2D eigenvalue weighted by Gasteiger charge is -2.25. The largest absolute Gasteiger partial charge is 0.337 e. The maximum Gasteiger partial charge on any atom is 0.315 e. The van der Waals surface area contributed by atoms with Crippen molar-refractivity contribution >= 4 is 29.2 Å². The zero-order chi connectivity index (χ0) is 10.4. The fourth-order valence-electron chi connectivity index (χ4n) is 1.59. The number of nitrogens with one attached hydrogen (secondary N) is 2. The average molecular weight is 239 g/mol. The van der Waals surface area contributed by atoms with Crippen LogP contribution in [0, 0.1) is 0 Å². The van der Waals surface area contributed by atoms with Gasteiger partial charge >= 0.3 is 6.03 Å². The van der Waals surface area contributed by atoms with Gasteiger partial charge in [0.2, 0.25) is 0 Å². The van der Waals surface area contributed by atoms with E-state index in [2.05, 4.69) is 10.6 Å². The van der Waals surface area contributed by atoms with Crippen molar-refractivity contribution in [1.82, 2.24) is 10.6 Å². The first-order valence-corrected chi connectivity index (χ1v) is 5.94. The highest BCUT2D eigenvalue weighted by Crippen LogP contribution is 2.22. The third-order valence-corrected chi connectivity index (χ3v) is 3.00. The van der Waals surface area contributed by atoms with Crippen molar-refractivity contribution in [2.75, 3.05) is 12.4 Å². The lowest BCUT2D eigenvalue weighted by Crippen LogP contribution is -2.44. The topological polar surface area (TPSA) is 41.1 Å². The Bertz CT molecular complexity index is 182. The number of halogens is 2. The fraction of sp³-hybridized carbons (Fsp3) is 0.889. The van der Waals surface area contributed by atoms with Crippen LogP contribution in [0.3, 0.4) is 0 Å². The Morgan fingerprint density at radius 3 is 2.50 bits per heavy atom. The van der Waals surface area contributed by atoms with Crippen molar-refractivity contribution in [3.05, 3.63) is 0 Å². The van der Waals surface area contributed by atoms with Crippen LogP contribution in [0.25, 0.3) is 0 Å². The molecule has 1 aliphatic carbocycles. The smallest absolute Gasteiger partial charge is 0.315 e. The molecular weight excluding hydrogens is 223 g/mol. The highest BCUT2D eigenvalue weighted by molar-refractivity contribution is 6.20. The Hall–Kier alpha value is -0.150. The number of amides is 2. The Morgan fingerprint density at radius 1 is 1.29 bits per heavy atom. The van der Waals surface area contributed by atoms with Gasteiger partial charge < -0.3 is 10.6 Å². The van der Waals surface area contributed by atoms with Crippen molar-refractivity contribution in [2.24, 2.45) is 0 Å². The Labute approximate surface area is 94.5 Å². The molecule has 0 aliphatic heterocycles. The van der Waals surface area contributed by atoms with Crippen molar-refractivity contribution in [3.63, 3.8) is 0 Å². The van der Waals surface area contributed by atoms with E-state index in [9.17, 15) is 4.79 Å². The lowest BCUT2D eigenvalue weighted by molar-refractivity contribution is 0.233. The first kappa shape index (κ1) is 11.9. The van der Waals surface area contributed by atoms with E-state index in [0.717, 1.165) is 25.7 Å². The van der Waals surface area contributed by atoms with Gasteiger partial charge in [0.1, 0.15) is 0 Å². The summed E-state index contributed by atoms with van der Waals surface area (Å²) in [6, 6.07) is 0.156. The minimum absolute atomic E-state index is 0.122. The summed E-state index contributed by atoms with van der Waals surface area (Å²) in [5, 5.41) is 5.87. The Balaban J connectivity index is 2.14. The summed E-state index contributed by atoms with van der Waals surface area (Å²) in [4.78, 5) is 11.2. The van der Waals surface area contributed by atoms with Gasteiger partial charge in [-0.3, -0.25) is 0 Å². The average Bonchev–Trinajstić information content (AvgIpc) is 2.18. The second kappa shape index (κ2) is 6.36. The third kappa shape index (κ3) is 4.38. The van der Waals surface area contributed by atoms with E-state index in [1.165, 1.54) is 0 Å². The fourth-order valence-corrected chi connectivity index (χ4v) is 1.94. The first-order chi connectivity index (χ1) is 6.72. The molecule has 0 unspecified atom stereocenters. The van der Waals surface area contributed by atoms with Gasteiger partial charge in [-0.2, -0.15) is 0 Å². The van der Waals surface area contributed by atoms with Gasteiger partial charge in [0.15, 0.2) is 0 Å². The molecule has 0 heterocycles. The molecule has 1 rings (SSSR count). The molecule has 0 aromatic heterocycles. The summed E-state index contributed by atoms with van der Waals surface area (Å²) in [6.07, 6.45) is 3.93. The minimum atomic E-state index is -0.122. The van der Waals surface area contributed by atoms with Crippen LogP contribution in [-0.4, -0.2) is 29.9 Å². The number of hydrogen-bond acceptors (Lipinski definition) is 1. The summed E-state index contributed by atoms with van der Waals surface area (Å²) >= 11 is 11.4. The minimum Gasteiger partial charge on any atom is -0.337 e. The number of hydrogen-bond donors (Lipinski definition) is 2. The number of urea groups is 1. The van der Waals surface area contributed by atoms with Gasteiger partial charge in [0, 0.05) is 23.8 Å². The predicted octanol–water partition coefficient (Wildman–Crippen LogP) is 2.07. The predicted molar refractivity (Wildman–Crippen MR) is 59.2 cm³/mol. The van der Waals surface area contributed by atoms with Crippen molar-refractivity contribution in [2.45, 2.75) is 37.1 Å². The molecule has 0 atom stereocenters. The molecule has 1 fully saturated rings. The van der Waals surface area contributed by atoms with E-state index < -0.39 is 0 Å². The molecule has 0 radical (unpaired) electrons. The first-order valence-electron chi connectivity index (χ1n) is 4.96. The standard InChI is InChI=1S/C9H16Cl2N2O/c10-5-6-12-9(14)13-8-3-1-7(11)2-4-8/h7-8H,1-6H2,(H2,12,13,14). The summed E-state index contributed by atoms with van der Waals surface area (Å²) in [5.74, 6) is 0.446. The molecule has 0 bridgehead atoms. The molecule has 2 N–H and O–H groups in total. The summed E-state index contributed by atoms with van der Waals surface area (Å²) in [7, 11) is 0. The van der Waals surface area contributed by atoms with Gasteiger partial charge in [-0.15, -0.1) is 23.2 Å². The van der Waals surface area contributed by atoms with Crippen LogP contribution in [0.5, 0.6) is 0 Å². The summed E-state index contributed by atoms with van der Waals surface area (Å²) in [5.41, 5.74) is 0. The van der Waals surface area contributed by atoms with Crippen LogP contribution < -0.4 is 10.6 Å². The molecule has 0 spiro atoms. The van der Waals surface area contributed by atoms with Gasteiger partial charge in [-0.1, -0.05) is 0 Å². The van der Waals surface area contributed by atoms with E-state index in [1.54, 1.807) is 0 Å². The molecule has 1 saturated carbocycles. The zero-order valence-electron chi connectivity index (χ0n) is 8.06. The number of carbonyl (C=O) groups excluding carboxylic acids is 1. The van der Waals surface area contributed by atoms with Crippen LogP contribution in [0.1, 0.15) is 25.7 Å².